The van der Waals surface area contributed by atoms with Crippen LogP contribution >= 0.6 is 11.6 Å². The first-order valence-electron chi connectivity index (χ1n) is 7.36. The normalized spacial score (nSPS) is 11.4. The van der Waals surface area contributed by atoms with E-state index in [1.54, 1.807) is 54.6 Å². The molecule has 0 spiro atoms. The molecule has 0 saturated heterocycles. The van der Waals surface area contributed by atoms with Gasteiger partial charge in [-0.15, -0.1) is 0 Å². The average Bonchev–Trinajstić information content (AvgIpc) is 2.64. The largest absolute Gasteiger partial charge is 0.295 e. The second kappa shape index (κ2) is 7.18. The van der Waals surface area contributed by atoms with Crippen LogP contribution in [-0.4, -0.2) is 18.4 Å². The van der Waals surface area contributed by atoms with Crippen LogP contribution in [0.5, 0.6) is 0 Å². The van der Waals surface area contributed by atoms with Gasteiger partial charge in [0.15, 0.2) is 0 Å². The first kappa shape index (κ1) is 17.3. The Morgan fingerprint density at radius 1 is 1.00 bits per heavy atom. The lowest BCUT2D eigenvalue weighted by atomic mass is 10.1. The van der Waals surface area contributed by atoms with Crippen LogP contribution in [0.25, 0.3) is 11.3 Å². The van der Waals surface area contributed by atoms with Crippen molar-refractivity contribution in [2.45, 2.75) is 11.7 Å². The van der Waals surface area contributed by atoms with Crippen LogP contribution in [0.15, 0.2) is 70.6 Å². The fourth-order valence-electron chi connectivity index (χ4n) is 2.20. The van der Waals surface area contributed by atoms with Crippen molar-refractivity contribution < 1.29 is 8.42 Å². The van der Waals surface area contributed by atoms with E-state index in [9.17, 15) is 13.2 Å². The summed E-state index contributed by atoms with van der Waals surface area (Å²) in [4.78, 5) is 18.3. The molecule has 25 heavy (non-hydrogen) atoms. The number of nitrogens with one attached hydrogen (secondary N) is 2. The van der Waals surface area contributed by atoms with Gasteiger partial charge in [0, 0.05) is 12.1 Å². The van der Waals surface area contributed by atoms with Crippen molar-refractivity contribution in [2.75, 3.05) is 0 Å². The molecule has 0 aliphatic rings. The minimum Gasteiger partial charge on any atom is -0.295 e. The van der Waals surface area contributed by atoms with Gasteiger partial charge in [-0.2, -0.15) is 0 Å². The molecule has 1 heterocycles. The van der Waals surface area contributed by atoms with E-state index in [2.05, 4.69) is 14.7 Å². The van der Waals surface area contributed by atoms with Gasteiger partial charge in [0.25, 0.3) is 15.6 Å². The molecule has 0 atom stereocenters. The van der Waals surface area contributed by atoms with Gasteiger partial charge in [0.05, 0.1) is 5.69 Å². The molecular formula is C17H14ClN3O3S. The highest BCUT2D eigenvalue weighted by Crippen LogP contribution is 2.23. The predicted molar refractivity (Wildman–Crippen MR) is 95.8 cm³/mol. The molecule has 0 aliphatic heterocycles. The summed E-state index contributed by atoms with van der Waals surface area (Å²) in [5.74, 6) is 0. The standard InChI is InChI=1S/C17H14ClN3O3S/c18-14-15(13-9-5-2-6-10-13)20-17(21-16(14)22)25(23,24)19-11-12-7-3-1-4-8-12/h1-10,19H,11H2,(H,20,21,22). The van der Waals surface area contributed by atoms with Crippen LogP contribution in [-0.2, 0) is 16.6 Å². The average molecular weight is 376 g/mol. The van der Waals surface area contributed by atoms with Crippen LogP contribution in [0.4, 0.5) is 0 Å². The van der Waals surface area contributed by atoms with Gasteiger partial charge in [-0.25, -0.2) is 18.1 Å². The molecule has 6 nitrogen and oxygen atoms in total. The molecule has 128 valence electrons. The SMILES string of the molecule is O=c1[nH]c(S(=O)(=O)NCc2ccccc2)nc(-c2ccccc2)c1Cl. The fourth-order valence-corrected chi connectivity index (χ4v) is 3.33. The van der Waals surface area contributed by atoms with Gasteiger partial charge in [-0.3, -0.25) is 9.78 Å². The number of aromatic amines is 1. The maximum atomic E-state index is 12.5. The van der Waals surface area contributed by atoms with Crippen molar-refractivity contribution in [1.82, 2.24) is 14.7 Å². The summed E-state index contributed by atoms with van der Waals surface area (Å²) in [6.07, 6.45) is 0. The molecule has 3 aromatic rings. The summed E-state index contributed by atoms with van der Waals surface area (Å²) >= 11 is 6.00. The first-order chi connectivity index (χ1) is 12.0. The third kappa shape index (κ3) is 3.96. The number of sulfonamides is 1. The van der Waals surface area contributed by atoms with Crippen molar-refractivity contribution >= 4 is 21.6 Å². The van der Waals surface area contributed by atoms with E-state index in [0.717, 1.165) is 5.56 Å². The highest BCUT2D eigenvalue weighted by atomic mass is 35.5. The topological polar surface area (TPSA) is 91.9 Å². The highest BCUT2D eigenvalue weighted by molar-refractivity contribution is 7.89. The van der Waals surface area contributed by atoms with E-state index in [1.807, 2.05) is 6.07 Å². The summed E-state index contributed by atoms with van der Waals surface area (Å²) in [5, 5.41) is -0.634. The predicted octanol–water partition coefficient (Wildman–Crippen LogP) is 2.57. The van der Waals surface area contributed by atoms with Crippen LogP contribution in [0.1, 0.15) is 5.56 Å². The summed E-state index contributed by atoms with van der Waals surface area (Å²) in [6.45, 7) is 0.0795. The van der Waals surface area contributed by atoms with Gasteiger partial charge in [-0.05, 0) is 5.56 Å². The number of hydrogen-bond acceptors (Lipinski definition) is 4. The third-order valence-electron chi connectivity index (χ3n) is 3.45. The minimum atomic E-state index is -4.00. The quantitative estimate of drug-likeness (QED) is 0.670. The lowest BCUT2D eigenvalue weighted by molar-refractivity contribution is 0.571. The number of nitrogens with zero attached hydrogens (tertiary/aromatic N) is 1. The summed E-state index contributed by atoms with van der Waals surface area (Å²) < 4.78 is 27.3. The van der Waals surface area contributed by atoms with Crippen molar-refractivity contribution in [2.24, 2.45) is 0 Å². The molecule has 0 saturated carbocycles. The molecule has 0 radical (unpaired) electrons. The van der Waals surface area contributed by atoms with Gasteiger partial charge in [-0.1, -0.05) is 72.3 Å². The molecule has 2 aromatic carbocycles. The number of aromatic nitrogens is 2. The molecule has 3 rings (SSSR count). The van der Waals surface area contributed by atoms with E-state index >= 15 is 0 Å². The number of hydrogen-bond donors (Lipinski definition) is 2. The Labute approximate surface area is 149 Å². The Morgan fingerprint density at radius 2 is 1.60 bits per heavy atom. The van der Waals surface area contributed by atoms with Crippen molar-refractivity contribution in [3.05, 3.63) is 81.6 Å². The number of benzene rings is 2. The van der Waals surface area contributed by atoms with E-state index in [-0.39, 0.29) is 17.3 Å². The Morgan fingerprint density at radius 3 is 2.24 bits per heavy atom. The minimum absolute atomic E-state index is 0.0795. The second-order valence-electron chi connectivity index (χ2n) is 5.21. The molecule has 2 N–H and O–H groups in total. The number of H-pyrrole nitrogens is 1. The summed E-state index contributed by atoms with van der Waals surface area (Å²) in [7, 11) is -4.00. The monoisotopic (exact) mass is 375 g/mol. The van der Waals surface area contributed by atoms with E-state index in [1.165, 1.54) is 0 Å². The Bertz CT molecular complexity index is 1040. The third-order valence-corrected chi connectivity index (χ3v) is 5.03. The van der Waals surface area contributed by atoms with Gasteiger partial charge < -0.3 is 0 Å². The first-order valence-corrected chi connectivity index (χ1v) is 9.22. The van der Waals surface area contributed by atoms with E-state index in [0.29, 0.717) is 5.56 Å². The zero-order valence-corrected chi connectivity index (χ0v) is 14.5. The van der Waals surface area contributed by atoms with Crippen molar-refractivity contribution in [3.63, 3.8) is 0 Å². The maximum Gasteiger partial charge on any atom is 0.274 e. The molecule has 0 fully saturated rings. The van der Waals surface area contributed by atoms with Gasteiger partial charge in [0.1, 0.15) is 5.02 Å². The highest BCUT2D eigenvalue weighted by Gasteiger charge is 2.21. The zero-order valence-electron chi connectivity index (χ0n) is 12.9. The van der Waals surface area contributed by atoms with E-state index < -0.39 is 20.7 Å². The molecular weight excluding hydrogens is 362 g/mol. The van der Waals surface area contributed by atoms with Crippen LogP contribution in [0.2, 0.25) is 5.02 Å². The maximum absolute atomic E-state index is 12.5. The van der Waals surface area contributed by atoms with Crippen LogP contribution in [0, 0.1) is 0 Å². The van der Waals surface area contributed by atoms with Crippen molar-refractivity contribution in [3.8, 4) is 11.3 Å². The van der Waals surface area contributed by atoms with Gasteiger partial charge >= 0.3 is 0 Å². The molecule has 0 aliphatic carbocycles. The van der Waals surface area contributed by atoms with Gasteiger partial charge in [0.2, 0.25) is 5.16 Å². The molecule has 1 aromatic heterocycles. The number of halogens is 1. The van der Waals surface area contributed by atoms with Crippen molar-refractivity contribution in [1.29, 1.82) is 0 Å². The number of rotatable bonds is 5. The van der Waals surface area contributed by atoms with Crippen LogP contribution < -0.4 is 10.3 Å². The Hall–Kier alpha value is -2.48. The molecule has 8 heteroatoms. The molecule has 0 bridgehead atoms. The lowest BCUT2D eigenvalue weighted by Gasteiger charge is -2.09. The van der Waals surface area contributed by atoms with E-state index in [4.69, 9.17) is 11.6 Å². The smallest absolute Gasteiger partial charge is 0.274 e. The lowest BCUT2D eigenvalue weighted by Crippen LogP contribution is -2.28. The van der Waals surface area contributed by atoms with Crippen LogP contribution in [0.3, 0.4) is 0 Å². The second-order valence-corrected chi connectivity index (χ2v) is 7.27. The molecule has 0 unspecified atom stereocenters. The molecule has 0 amide bonds. The zero-order chi connectivity index (χ0) is 17.9. The Balaban J connectivity index is 1.96. The summed E-state index contributed by atoms with van der Waals surface area (Å²) in [5.41, 5.74) is 0.741. The fraction of sp³-hybridized carbons (Fsp3) is 0.0588. The Kier molecular flexibility index (Phi) is 4.98. The summed E-state index contributed by atoms with van der Waals surface area (Å²) in [6, 6.07) is 17.7.